The number of carbonyl (C=O) groups excluding carboxylic acids is 1. The van der Waals surface area contributed by atoms with Gasteiger partial charge in [-0.25, -0.2) is 0 Å². The summed E-state index contributed by atoms with van der Waals surface area (Å²) < 4.78 is 10.2. The van der Waals surface area contributed by atoms with Crippen LogP contribution in [0.5, 0.6) is 0 Å². The van der Waals surface area contributed by atoms with E-state index in [4.69, 9.17) is 14.6 Å². The van der Waals surface area contributed by atoms with E-state index in [-0.39, 0.29) is 12.4 Å². The van der Waals surface area contributed by atoms with Gasteiger partial charge in [-0.05, 0) is 41.5 Å². The van der Waals surface area contributed by atoms with Gasteiger partial charge >= 0.3 is 11.9 Å². The minimum absolute atomic E-state index is 0.0678. The topological polar surface area (TPSA) is 72.8 Å². The van der Waals surface area contributed by atoms with Crippen LogP contribution < -0.4 is 0 Å². The molecule has 0 aliphatic rings. The molecular formula is C14H25BrO5. The maximum Gasteiger partial charge on any atom is 0.322 e. The number of aliphatic carboxylic acids is 1. The summed E-state index contributed by atoms with van der Waals surface area (Å²) in [5, 5.41) is 8.76. The van der Waals surface area contributed by atoms with E-state index in [0.29, 0.717) is 13.0 Å². The Balaban J connectivity index is 4.30. The number of carboxylic acid groups (broad SMARTS) is 1. The van der Waals surface area contributed by atoms with Gasteiger partial charge in [-0.3, -0.25) is 9.59 Å². The molecule has 0 atom stereocenters. The summed E-state index contributed by atoms with van der Waals surface area (Å²) in [6.45, 7) is 10.8. The Kier molecular flexibility index (Phi) is 6.68. The van der Waals surface area contributed by atoms with Crippen LogP contribution in [0.3, 0.4) is 0 Å². The van der Waals surface area contributed by atoms with E-state index in [1.807, 2.05) is 0 Å². The van der Waals surface area contributed by atoms with E-state index >= 15 is 0 Å². The zero-order valence-corrected chi connectivity index (χ0v) is 14.7. The van der Waals surface area contributed by atoms with Gasteiger partial charge in [-0.1, -0.05) is 15.9 Å². The van der Waals surface area contributed by atoms with Crippen LogP contribution in [0.4, 0.5) is 0 Å². The lowest BCUT2D eigenvalue weighted by atomic mass is 10.0. The molecule has 0 heterocycles. The third kappa shape index (κ3) is 8.53. The van der Waals surface area contributed by atoms with Gasteiger partial charge in [-0.15, -0.1) is 0 Å². The van der Waals surface area contributed by atoms with Crippen LogP contribution in [-0.2, 0) is 19.1 Å². The van der Waals surface area contributed by atoms with Gasteiger partial charge in [0.25, 0.3) is 0 Å². The van der Waals surface area contributed by atoms with Gasteiger partial charge in [-0.2, -0.15) is 0 Å². The molecule has 0 aliphatic heterocycles. The van der Waals surface area contributed by atoms with Crippen LogP contribution in [0.2, 0.25) is 0 Å². The molecule has 0 spiro atoms. The highest BCUT2D eigenvalue weighted by atomic mass is 79.9. The first-order chi connectivity index (χ1) is 8.75. The first-order valence-electron chi connectivity index (χ1n) is 6.53. The van der Waals surface area contributed by atoms with Crippen molar-refractivity contribution in [2.45, 2.75) is 69.9 Å². The first kappa shape index (κ1) is 19.4. The molecule has 0 saturated carbocycles. The van der Waals surface area contributed by atoms with E-state index in [1.165, 1.54) is 0 Å². The van der Waals surface area contributed by atoms with Gasteiger partial charge in [0.2, 0.25) is 0 Å². The molecule has 6 heteroatoms. The summed E-state index contributed by atoms with van der Waals surface area (Å²) in [5.74, 6) is -1.24. The van der Waals surface area contributed by atoms with Crippen molar-refractivity contribution in [3.05, 3.63) is 0 Å². The molecule has 0 aliphatic carbocycles. The molecule has 5 nitrogen and oxygen atoms in total. The maximum absolute atomic E-state index is 11.8. The molecule has 0 radical (unpaired) electrons. The van der Waals surface area contributed by atoms with Crippen LogP contribution in [0.25, 0.3) is 0 Å². The smallest absolute Gasteiger partial charge is 0.322 e. The second-order valence-corrected chi connectivity index (χ2v) is 8.53. The number of alkyl halides is 1. The van der Waals surface area contributed by atoms with Crippen molar-refractivity contribution in [3.8, 4) is 0 Å². The number of ether oxygens (including phenoxy) is 2. The Morgan fingerprint density at radius 1 is 1.05 bits per heavy atom. The number of esters is 1. The van der Waals surface area contributed by atoms with Gasteiger partial charge < -0.3 is 14.6 Å². The average molecular weight is 353 g/mol. The second kappa shape index (κ2) is 6.89. The zero-order chi connectivity index (χ0) is 16.2. The molecule has 118 valence electrons. The van der Waals surface area contributed by atoms with Crippen molar-refractivity contribution in [3.63, 3.8) is 0 Å². The number of carbonyl (C=O) groups is 2. The molecule has 0 aromatic heterocycles. The lowest BCUT2D eigenvalue weighted by Crippen LogP contribution is -2.38. The normalized spacial score (nSPS) is 13.2. The first-order valence-corrected chi connectivity index (χ1v) is 7.33. The van der Waals surface area contributed by atoms with Crippen LogP contribution in [0, 0.1) is 0 Å². The standard InChI is InChI=1S/C14H25BrO5/c1-12(2,20-11(18)14(5,6)15)7-8-19-13(3,4)9-10(16)17/h7-9H2,1-6H3,(H,16,17). The SMILES string of the molecule is CC(C)(CC(=O)O)OCCC(C)(C)OC(=O)C(C)(C)Br. The number of hydrogen-bond donors (Lipinski definition) is 1. The molecule has 0 bridgehead atoms. The number of rotatable bonds is 8. The predicted molar refractivity (Wildman–Crippen MR) is 80.1 cm³/mol. The fourth-order valence-electron chi connectivity index (χ4n) is 1.41. The molecule has 0 saturated heterocycles. The Labute approximate surface area is 129 Å². The third-order valence-corrected chi connectivity index (χ3v) is 2.95. The van der Waals surface area contributed by atoms with E-state index in [0.717, 1.165) is 0 Å². The summed E-state index contributed by atoms with van der Waals surface area (Å²) in [4.78, 5) is 22.5. The minimum atomic E-state index is -0.901. The third-order valence-electron chi connectivity index (χ3n) is 2.63. The summed E-state index contributed by atoms with van der Waals surface area (Å²) in [6.07, 6.45) is 0.423. The molecular weight excluding hydrogens is 328 g/mol. The Morgan fingerprint density at radius 3 is 1.95 bits per heavy atom. The Morgan fingerprint density at radius 2 is 1.55 bits per heavy atom. The zero-order valence-electron chi connectivity index (χ0n) is 13.1. The van der Waals surface area contributed by atoms with Gasteiger partial charge in [0.05, 0.1) is 18.6 Å². The number of carboxylic acids is 1. The average Bonchev–Trinajstić information content (AvgIpc) is 2.11. The van der Waals surface area contributed by atoms with Gasteiger partial charge in [0.15, 0.2) is 0 Å². The molecule has 0 rings (SSSR count). The number of halogens is 1. The molecule has 0 unspecified atom stereocenters. The quantitative estimate of drug-likeness (QED) is 0.536. The highest BCUT2D eigenvalue weighted by Gasteiger charge is 2.32. The van der Waals surface area contributed by atoms with E-state index in [2.05, 4.69) is 15.9 Å². The lowest BCUT2D eigenvalue weighted by Gasteiger charge is -2.30. The lowest BCUT2D eigenvalue weighted by molar-refractivity contribution is -0.161. The summed E-state index contributed by atoms with van der Waals surface area (Å²) in [6, 6.07) is 0. The van der Waals surface area contributed by atoms with Gasteiger partial charge in [0, 0.05) is 6.42 Å². The summed E-state index contributed by atoms with van der Waals surface area (Å²) >= 11 is 3.25. The monoisotopic (exact) mass is 352 g/mol. The second-order valence-electron chi connectivity index (χ2n) is 6.55. The molecule has 0 amide bonds. The molecule has 1 N–H and O–H groups in total. The van der Waals surface area contributed by atoms with Crippen molar-refractivity contribution in [1.82, 2.24) is 0 Å². The van der Waals surface area contributed by atoms with Crippen molar-refractivity contribution >= 4 is 27.9 Å². The minimum Gasteiger partial charge on any atom is -0.481 e. The van der Waals surface area contributed by atoms with Crippen LogP contribution in [0.1, 0.15) is 54.4 Å². The van der Waals surface area contributed by atoms with Crippen LogP contribution in [-0.4, -0.2) is 39.2 Å². The molecule has 20 heavy (non-hydrogen) atoms. The van der Waals surface area contributed by atoms with Crippen molar-refractivity contribution < 1.29 is 24.2 Å². The van der Waals surface area contributed by atoms with Crippen LogP contribution >= 0.6 is 15.9 Å². The largest absolute Gasteiger partial charge is 0.481 e. The summed E-state index contributed by atoms with van der Waals surface area (Å²) in [5.41, 5.74) is -1.40. The fraction of sp³-hybridized carbons (Fsp3) is 0.857. The number of hydrogen-bond acceptors (Lipinski definition) is 4. The van der Waals surface area contributed by atoms with Crippen molar-refractivity contribution in [2.24, 2.45) is 0 Å². The highest BCUT2D eigenvalue weighted by molar-refractivity contribution is 9.10. The van der Waals surface area contributed by atoms with E-state index in [9.17, 15) is 9.59 Å². The van der Waals surface area contributed by atoms with E-state index in [1.54, 1.807) is 41.5 Å². The maximum atomic E-state index is 11.8. The highest BCUT2D eigenvalue weighted by Crippen LogP contribution is 2.24. The van der Waals surface area contributed by atoms with E-state index < -0.39 is 21.5 Å². The molecule has 0 aromatic rings. The summed E-state index contributed by atoms with van der Waals surface area (Å²) in [7, 11) is 0. The molecule has 0 aromatic carbocycles. The Hall–Kier alpha value is -0.620. The fourth-order valence-corrected chi connectivity index (χ4v) is 1.49. The van der Waals surface area contributed by atoms with Crippen molar-refractivity contribution in [1.29, 1.82) is 0 Å². The predicted octanol–water partition coefficient (Wildman–Crippen LogP) is 3.14. The van der Waals surface area contributed by atoms with Crippen molar-refractivity contribution in [2.75, 3.05) is 6.61 Å². The van der Waals surface area contributed by atoms with Gasteiger partial charge in [0.1, 0.15) is 9.93 Å². The van der Waals surface area contributed by atoms with Crippen LogP contribution in [0.15, 0.2) is 0 Å². The Bertz CT molecular complexity index is 355. The molecule has 0 fully saturated rings.